The van der Waals surface area contributed by atoms with E-state index in [2.05, 4.69) is 5.43 Å². The van der Waals surface area contributed by atoms with Crippen LogP contribution >= 0.6 is 0 Å². The maximum atomic E-state index is 11.7. The number of sulfone groups is 1. The minimum atomic E-state index is -3.35. The third-order valence-corrected chi connectivity index (χ3v) is 3.55. The Labute approximate surface area is 88.4 Å². The third-order valence-electron chi connectivity index (χ3n) is 1.84. The molecule has 0 heterocycles. The fraction of sp³-hybridized carbons (Fsp3) is 0.222. The number of benzene rings is 1. The first-order chi connectivity index (χ1) is 7.10. The Morgan fingerprint density at radius 3 is 2.80 bits per heavy atom. The summed E-state index contributed by atoms with van der Waals surface area (Å²) < 4.78 is 23.3. The monoisotopic (exact) mass is 225 g/mol. The first kappa shape index (κ1) is 11.7. The van der Waals surface area contributed by atoms with Crippen LogP contribution in [0.25, 0.3) is 0 Å². The number of hydrazine groups is 1. The normalized spacial score (nSPS) is 10.9. The molecular weight excluding hydrogens is 214 g/mol. The Bertz CT molecular complexity index is 476. The van der Waals surface area contributed by atoms with Gasteiger partial charge in [0.2, 0.25) is 0 Å². The fourth-order valence-corrected chi connectivity index (χ4v) is 2.28. The van der Waals surface area contributed by atoms with Crippen molar-refractivity contribution in [3.63, 3.8) is 0 Å². The molecule has 1 rings (SSSR count). The number of nitrogens with zero attached hydrogens (tertiary/aromatic N) is 1. The highest BCUT2D eigenvalue weighted by Crippen LogP contribution is 2.12. The first-order valence-corrected chi connectivity index (χ1v) is 5.92. The smallest absolute Gasteiger partial charge is 0.179 e. The zero-order valence-corrected chi connectivity index (χ0v) is 8.79. The third kappa shape index (κ3) is 3.02. The van der Waals surface area contributed by atoms with Gasteiger partial charge in [-0.1, -0.05) is 6.07 Å². The van der Waals surface area contributed by atoms with Crippen molar-refractivity contribution in [2.75, 3.05) is 12.3 Å². The largest absolute Gasteiger partial charge is 0.271 e. The minimum absolute atomic E-state index is 0.0849. The van der Waals surface area contributed by atoms with Crippen molar-refractivity contribution in [2.45, 2.75) is 4.90 Å². The van der Waals surface area contributed by atoms with Crippen LogP contribution < -0.4 is 11.3 Å². The number of nitrogens with two attached hydrogens (primary N) is 1. The fourth-order valence-electron chi connectivity index (χ4n) is 1.07. The molecule has 0 radical (unpaired) electrons. The molecule has 0 fully saturated rings. The molecule has 0 aliphatic rings. The highest BCUT2D eigenvalue weighted by molar-refractivity contribution is 7.91. The number of hydrogen-bond acceptors (Lipinski definition) is 5. The van der Waals surface area contributed by atoms with Gasteiger partial charge in [0.25, 0.3) is 0 Å². The molecule has 80 valence electrons. The number of rotatable bonds is 4. The molecule has 3 N–H and O–H groups in total. The van der Waals surface area contributed by atoms with Gasteiger partial charge in [0.1, 0.15) is 0 Å². The van der Waals surface area contributed by atoms with E-state index >= 15 is 0 Å². The quantitative estimate of drug-likeness (QED) is 0.546. The van der Waals surface area contributed by atoms with Gasteiger partial charge in [-0.3, -0.25) is 11.3 Å². The van der Waals surface area contributed by atoms with Gasteiger partial charge in [0.05, 0.1) is 22.3 Å². The zero-order valence-electron chi connectivity index (χ0n) is 7.97. The average Bonchev–Trinajstić information content (AvgIpc) is 2.26. The molecule has 0 saturated carbocycles. The van der Waals surface area contributed by atoms with Crippen LogP contribution in [-0.2, 0) is 9.84 Å². The molecule has 1 aromatic carbocycles. The molecule has 0 atom stereocenters. The van der Waals surface area contributed by atoms with Crippen molar-refractivity contribution in [1.82, 2.24) is 5.43 Å². The van der Waals surface area contributed by atoms with Gasteiger partial charge in [-0.25, -0.2) is 8.42 Å². The topological polar surface area (TPSA) is 96.0 Å². The maximum Gasteiger partial charge on any atom is 0.179 e. The van der Waals surface area contributed by atoms with E-state index in [0.717, 1.165) is 0 Å². The van der Waals surface area contributed by atoms with Crippen LogP contribution in [0, 0.1) is 11.3 Å². The van der Waals surface area contributed by atoms with E-state index in [-0.39, 0.29) is 17.2 Å². The van der Waals surface area contributed by atoms with Crippen LogP contribution in [0.1, 0.15) is 5.56 Å². The Kier molecular flexibility index (Phi) is 3.80. The summed E-state index contributed by atoms with van der Waals surface area (Å²) in [5.74, 6) is 4.92. The lowest BCUT2D eigenvalue weighted by molar-refractivity contribution is 0.592. The SMILES string of the molecule is N#Cc1cccc(S(=O)(=O)CCNN)c1. The van der Waals surface area contributed by atoms with E-state index in [9.17, 15) is 8.42 Å². The summed E-state index contributed by atoms with van der Waals surface area (Å²) in [6.45, 7) is 0.180. The lowest BCUT2D eigenvalue weighted by Gasteiger charge is -2.03. The number of hydrogen-bond donors (Lipinski definition) is 2. The molecule has 15 heavy (non-hydrogen) atoms. The second-order valence-electron chi connectivity index (χ2n) is 2.91. The highest BCUT2D eigenvalue weighted by atomic mass is 32.2. The van der Waals surface area contributed by atoms with Crippen LogP contribution in [-0.4, -0.2) is 20.7 Å². The molecule has 0 aromatic heterocycles. The van der Waals surface area contributed by atoms with Gasteiger partial charge in [0, 0.05) is 6.54 Å². The summed E-state index contributed by atoms with van der Waals surface area (Å²) in [7, 11) is -3.35. The van der Waals surface area contributed by atoms with E-state index < -0.39 is 9.84 Å². The number of nitriles is 1. The van der Waals surface area contributed by atoms with Gasteiger partial charge < -0.3 is 0 Å². The predicted molar refractivity (Wildman–Crippen MR) is 55.4 cm³/mol. The molecule has 0 unspecified atom stereocenters. The second-order valence-corrected chi connectivity index (χ2v) is 5.02. The Morgan fingerprint density at radius 1 is 1.47 bits per heavy atom. The summed E-state index contributed by atoms with van der Waals surface area (Å²) in [6.07, 6.45) is 0. The second kappa shape index (κ2) is 4.89. The van der Waals surface area contributed by atoms with Gasteiger partial charge >= 0.3 is 0 Å². The summed E-state index contributed by atoms with van der Waals surface area (Å²) in [4.78, 5) is 0.150. The van der Waals surface area contributed by atoms with E-state index in [1.807, 2.05) is 6.07 Å². The molecule has 0 bridgehead atoms. The van der Waals surface area contributed by atoms with Gasteiger partial charge in [-0.05, 0) is 18.2 Å². The van der Waals surface area contributed by atoms with E-state index in [1.165, 1.54) is 12.1 Å². The van der Waals surface area contributed by atoms with Gasteiger partial charge in [-0.15, -0.1) is 0 Å². The van der Waals surface area contributed by atoms with Crippen LogP contribution in [0.15, 0.2) is 29.2 Å². The molecule has 0 saturated heterocycles. The minimum Gasteiger partial charge on any atom is -0.271 e. The van der Waals surface area contributed by atoms with Crippen molar-refractivity contribution >= 4 is 9.84 Å². The van der Waals surface area contributed by atoms with Crippen LogP contribution in [0.3, 0.4) is 0 Å². The summed E-state index contributed by atoms with van der Waals surface area (Å²) in [6, 6.07) is 7.81. The van der Waals surface area contributed by atoms with Crippen molar-refractivity contribution < 1.29 is 8.42 Å². The van der Waals surface area contributed by atoms with Crippen molar-refractivity contribution in [2.24, 2.45) is 5.84 Å². The molecule has 0 aliphatic carbocycles. The lowest BCUT2D eigenvalue weighted by atomic mass is 10.2. The zero-order chi connectivity index (χ0) is 11.3. The Hall–Kier alpha value is -1.42. The van der Waals surface area contributed by atoms with E-state index in [0.29, 0.717) is 5.56 Å². The predicted octanol–water partition coefficient (Wildman–Crippen LogP) is -0.205. The molecule has 0 aliphatic heterocycles. The molecule has 0 spiro atoms. The maximum absolute atomic E-state index is 11.7. The Morgan fingerprint density at radius 2 is 2.20 bits per heavy atom. The molecule has 1 aromatic rings. The highest BCUT2D eigenvalue weighted by Gasteiger charge is 2.13. The van der Waals surface area contributed by atoms with Gasteiger partial charge in [0.15, 0.2) is 9.84 Å². The van der Waals surface area contributed by atoms with Crippen LogP contribution in [0.2, 0.25) is 0 Å². The summed E-state index contributed by atoms with van der Waals surface area (Å²) in [5.41, 5.74) is 2.61. The van der Waals surface area contributed by atoms with Crippen molar-refractivity contribution in [3.8, 4) is 6.07 Å². The Balaban J connectivity index is 3.01. The number of nitrogens with one attached hydrogen (secondary N) is 1. The standard InChI is InChI=1S/C9H11N3O2S/c10-7-8-2-1-3-9(6-8)15(13,14)5-4-12-11/h1-3,6,12H,4-5,11H2. The molecular formula is C9H11N3O2S. The van der Waals surface area contributed by atoms with Gasteiger partial charge in [-0.2, -0.15) is 5.26 Å². The van der Waals surface area contributed by atoms with Crippen LogP contribution in [0.4, 0.5) is 0 Å². The summed E-state index contributed by atoms with van der Waals surface area (Å²) in [5, 5.41) is 8.63. The first-order valence-electron chi connectivity index (χ1n) is 4.26. The van der Waals surface area contributed by atoms with E-state index in [4.69, 9.17) is 11.1 Å². The molecule has 5 nitrogen and oxygen atoms in total. The average molecular weight is 225 g/mol. The summed E-state index contributed by atoms with van der Waals surface area (Å²) >= 11 is 0. The molecule has 0 amide bonds. The van der Waals surface area contributed by atoms with Crippen molar-refractivity contribution in [3.05, 3.63) is 29.8 Å². The van der Waals surface area contributed by atoms with Crippen LogP contribution in [0.5, 0.6) is 0 Å². The lowest BCUT2D eigenvalue weighted by Crippen LogP contribution is -2.28. The molecule has 6 heteroatoms. The van der Waals surface area contributed by atoms with E-state index in [1.54, 1.807) is 12.1 Å². The van der Waals surface area contributed by atoms with Crippen molar-refractivity contribution in [1.29, 1.82) is 5.26 Å².